The fourth-order valence-corrected chi connectivity index (χ4v) is 2.24. The number of aliphatic carboxylic acids is 1. The zero-order valence-electron chi connectivity index (χ0n) is 9.69. The Balaban J connectivity index is 2.35. The maximum Gasteiger partial charge on any atom is 0.320 e. The van der Waals surface area contributed by atoms with Crippen molar-refractivity contribution >= 4 is 21.9 Å². The summed E-state index contributed by atoms with van der Waals surface area (Å²) in [6, 6.07) is 2.66. The van der Waals surface area contributed by atoms with Crippen LogP contribution in [-0.2, 0) is 11.2 Å². The molecule has 1 aromatic rings. The van der Waals surface area contributed by atoms with E-state index in [1.54, 1.807) is 6.07 Å². The molecule has 2 rings (SSSR count). The molecule has 1 unspecified atom stereocenters. The fourth-order valence-electron chi connectivity index (χ4n) is 1.77. The minimum Gasteiger partial charge on any atom is -0.490 e. The quantitative estimate of drug-likeness (QED) is 0.884. The predicted octanol–water partition coefficient (Wildman–Crippen LogP) is 1.56. The van der Waals surface area contributed by atoms with Crippen molar-refractivity contribution in [2.45, 2.75) is 18.9 Å². The number of carboxylic acid groups (broad SMARTS) is 1. The lowest BCUT2D eigenvalue weighted by molar-refractivity contribution is -0.138. The first-order valence-corrected chi connectivity index (χ1v) is 6.44. The summed E-state index contributed by atoms with van der Waals surface area (Å²) in [5, 5.41) is 8.88. The smallest absolute Gasteiger partial charge is 0.320 e. The van der Waals surface area contributed by atoms with Crippen LogP contribution in [-0.4, -0.2) is 30.3 Å². The van der Waals surface area contributed by atoms with Gasteiger partial charge in [-0.1, -0.05) is 15.9 Å². The van der Waals surface area contributed by atoms with Gasteiger partial charge in [0, 0.05) is 22.9 Å². The number of ether oxygens (including phenoxy) is 2. The van der Waals surface area contributed by atoms with Crippen LogP contribution in [0.1, 0.15) is 12.0 Å². The maximum absolute atomic E-state index is 10.8. The van der Waals surface area contributed by atoms with Gasteiger partial charge in [0.1, 0.15) is 6.04 Å². The first-order valence-electron chi connectivity index (χ1n) is 5.65. The van der Waals surface area contributed by atoms with E-state index in [0.29, 0.717) is 24.7 Å². The lowest BCUT2D eigenvalue weighted by Gasteiger charge is -2.15. The topological polar surface area (TPSA) is 81.8 Å². The van der Waals surface area contributed by atoms with Crippen molar-refractivity contribution in [3.63, 3.8) is 0 Å². The van der Waals surface area contributed by atoms with E-state index in [-0.39, 0.29) is 6.42 Å². The molecule has 0 radical (unpaired) electrons. The van der Waals surface area contributed by atoms with Crippen LogP contribution >= 0.6 is 15.9 Å². The average Bonchev–Trinajstić information content (AvgIpc) is 2.57. The molecule has 0 amide bonds. The molecule has 0 bridgehead atoms. The van der Waals surface area contributed by atoms with Gasteiger partial charge < -0.3 is 20.3 Å². The second-order valence-electron chi connectivity index (χ2n) is 4.05. The van der Waals surface area contributed by atoms with E-state index in [2.05, 4.69) is 15.9 Å². The molecule has 98 valence electrons. The van der Waals surface area contributed by atoms with Gasteiger partial charge in [-0.2, -0.15) is 0 Å². The summed E-state index contributed by atoms with van der Waals surface area (Å²) in [7, 11) is 0. The van der Waals surface area contributed by atoms with Crippen molar-refractivity contribution in [2.75, 3.05) is 13.2 Å². The summed E-state index contributed by atoms with van der Waals surface area (Å²) in [5.41, 5.74) is 6.31. The molecule has 0 spiro atoms. The van der Waals surface area contributed by atoms with Gasteiger partial charge in [0.05, 0.1) is 13.2 Å². The molecule has 1 aliphatic rings. The molecular formula is C12H14BrNO4. The number of rotatable bonds is 3. The van der Waals surface area contributed by atoms with Crippen LogP contribution in [0.25, 0.3) is 0 Å². The molecule has 3 N–H and O–H groups in total. The minimum atomic E-state index is -1.03. The van der Waals surface area contributed by atoms with Gasteiger partial charge in [-0.15, -0.1) is 0 Å². The normalized spacial score (nSPS) is 15.9. The van der Waals surface area contributed by atoms with Crippen LogP contribution in [0.2, 0.25) is 0 Å². The van der Waals surface area contributed by atoms with Crippen LogP contribution < -0.4 is 15.2 Å². The van der Waals surface area contributed by atoms with Crippen molar-refractivity contribution in [1.82, 2.24) is 0 Å². The van der Waals surface area contributed by atoms with Crippen molar-refractivity contribution in [1.29, 1.82) is 0 Å². The maximum atomic E-state index is 10.8. The van der Waals surface area contributed by atoms with Crippen molar-refractivity contribution in [2.24, 2.45) is 5.73 Å². The average molecular weight is 316 g/mol. The number of nitrogens with two attached hydrogens (primary N) is 1. The Labute approximate surface area is 113 Å². The van der Waals surface area contributed by atoms with Gasteiger partial charge in [0.25, 0.3) is 0 Å². The highest BCUT2D eigenvalue weighted by atomic mass is 79.9. The van der Waals surface area contributed by atoms with Crippen LogP contribution in [0.3, 0.4) is 0 Å². The van der Waals surface area contributed by atoms with E-state index >= 15 is 0 Å². The van der Waals surface area contributed by atoms with Gasteiger partial charge in [-0.05, 0) is 12.1 Å². The molecule has 1 heterocycles. The Bertz CT molecular complexity index is 464. The number of benzene rings is 1. The van der Waals surface area contributed by atoms with E-state index in [1.165, 1.54) is 0 Å². The number of hydrogen-bond donors (Lipinski definition) is 2. The number of fused-ring (bicyclic) bond motifs is 1. The van der Waals surface area contributed by atoms with E-state index < -0.39 is 12.0 Å². The van der Waals surface area contributed by atoms with Crippen LogP contribution in [0.5, 0.6) is 11.5 Å². The van der Waals surface area contributed by atoms with Crippen LogP contribution in [0, 0.1) is 0 Å². The molecule has 1 atom stereocenters. The molecule has 5 nitrogen and oxygen atoms in total. The molecule has 1 aromatic carbocycles. The number of halogens is 1. The van der Waals surface area contributed by atoms with Gasteiger partial charge in [-0.25, -0.2) is 0 Å². The van der Waals surface area contributed by atoms with Gasteiger partial charge >= 0.3 is 5.97 Å². The lowest BCUT2D eigenvalue weighted by atomic mass is 10.0. The van der Waals surface area contributed by atoms with E-state index in [0.717, 1.165) is 16.5 Å². The van der Waals surface area contributed by atoms with Crippen molar-refractivity contribution < 1.29 is 19.4 Å². The summed E-state index contributed by atoms with van der Waals surface area (Å²) in [4.78, 5) is 10.8. The van der Waals surface area contributed by atoms with Gasteiger partial charge in [0.15, 0.2) is 11.5 Å². The van der Waals surface area contributed by atoms with Crippen LogP contribution in [0.4, 0.5) is 0 Å². The molecule has 1 aliphatic heterocycles. The Morgan fingerprint density at radius 2 is 2.17 bits per heavy atom. The Morgan fingerprint density at radius 1 is 1.44 bits per heavy atom. The zero-order valence-corrected chi connectivity index (χ0v) is 11.3. The Morgan fingerprint density at radius 3 is 2.89 bits per heavy atom. The first-order chi connectivity index (χ1) is 8.59. The Kier molecular flexibility index (Phi) is 4.08. The zero-order chi connectivity index (χ0) is 13.1. The second-order valence-corrected chi connectivity index (χ2v) is 4.91. The third kappa shape index (κ3) is 2.76. The largest absolute Gasteiger partial charge is 0.490 e. The number of carboxylic acids is 1. The molecule has 0 saturated carbocycles. The summed E-state index contributed by atoms with van der Waals surface area (Å²) in [5.74, 6) is 0.205. The third-order valence-electron chi connectivity index (χ3n) is 2.70. The molecule has 0 fully saturated rings. The molecule has 0 aromatic heterocycles. The highest BCUT2D eigenvalue weighted by Crippen LogP contribution is 2.38. The standard InChI is InChI=1S/C12H14BrNO4/c13-8-2-3-10-11(18-5-1-4-17-10)7(8)6-9(14)12(15)16/h2-3,9H,1,4-6,14H2,(H,15,16). The molecule has 0 aliphatic carbocycles. The second kappa shape index (κ2) is 5.58. The predicted molar refractivity (Wildman–Crippen MR) is 69.1 cm³/mol. The number of carbonyl (C=O) groups is 1. The molecule has 0 saturated heterocycles. The molecule has 18 heavy (non-hydrogen) atoms. The highest BCUT2D eigenvalue weighted by molar-refractivity contribution is 9.10. The van der Waals surface area contributed by atoms with Gasteiger partial charge in [-0.3, -0.25) is 4.79 Å². The van der Waals surface area contributed by atoms with Gasteiger partial charge in [0.2, 0.25) is 0 Å². The summed E-state index contributed by atoms with van der Waals surface area (Å²) < 4.78 is 12.0. The SMILES string of the molecule is NC(Cc1c(Br)ccc2c1OCCCO2)C(=O)O. The summed E-state index contributed by atoms with van der Waals surface area (Å²) in [6.07, 6.45) is 0.999. The van der Waals surface area contributed by atoms with Crippen molar-refractivity contribution in [3.8, 4) is 11.5 Å². The monoisotopic (exact) mass is 315 g/mol. The molecule has 6 heteroatoms. The molecular weight excluding hydrogens is 302 g/mol. The summed E-state index contributed by atoms with van der Waals surface area (Å²) >= 11 is 3.39. The fraction of sp³-hybridized carbons (Fsp3) is 0.417. The highest BCUT2D eigenvalue weighted by Gasteiger charge is 2.21. The first kappa shape index (κ1) is 13.2. The Hall–Kier alpha value is -1.27. The lowest BCUT2D eigenvalue weighted by Crippen LogP contribution is -2.32. The minimum absolute atomic E-state index is 0.197. The van der Waals surface area contributed by atoms with Crippen molar-refractivity contribution in [3.05, 3.63) is 22.2 Å². The number of hydrogen-bond acceptors (Lipinski definition) is 4. The van der Waals surface area contributed by atoms with Crippen LogP contribution in [0.15, 0.2) is 16.6 Å². The van der Waals surface area contributed by atoms with E-state index in [1.807, 2.05) is 6.07 Å². The van der Waals surface area contributed by atoms with E-state index in [9.17, 15) is 4.79 Å². The third-order valence-corrected chi connectivity index (χ3v) is 3.44. The van der Waals surface area contributed by atoms with E-state index in [4.69, 9.17) is 20.3 Å². The summed E-state index contributed by atoms with van der Waals surface area (Å²) in [6.45, 7) is 1.15.